The number of benzene rings is 2. The molecule has 10 heteroatoms. The lowest BCUT2D eigenvalue weighted by Gasteiger charge is -2.44. The van der Waals surface area contributed by atoms with Gasteiger partial charge in [-0.1, -0.05) is 18.6 Å². The van der Waals surface area contributed by atoms with E-state index in [1.807, 2.05) is 0 Å². The lowest BCUT2D eigenvalue weighted by molar-refractivity contribution is -0.138. The second-order valence-electron chi connectivity index (χ2n) is 8.99. The van der Waals surface area contributed by atoms with E-state index in [9.17, 15) is 18.0 Å². The van der Waals surface area contributed by atoms with Gasteiger partial charge in [0.15, 0.2) is 12.0 Å². The van der Waals surface area contributed by atoms with Crippen LogP contribution in [0.15, 0.2) is 42.7 Å². The summed E-state index contributed by atoms with van der Waals surface area (Å²) >= 11 is 0. The van der Waals surface area contributed by atoms with Crippen molar-refractivity contribution in [3.8, 4) is 0 Å². The van der Waals surface area contributed by atoms with Gasteiger partial charge >= 0.3 is 6.18 Å². The molecule has 2 aromatic carbocycles. The molecule has 5 rings (SSSR count). The fraction of sp³-hybridized carbons (Fsp3) is 0.375. The lowest BCUT2D eigenvalue weighted by atomic mass is 9.61. The number of hydrogen-bond acceptors (Lipinski definition) is 4. The van der Waals surface area contributed by atoms with Gasteiger partial charge in [-0.3, -0.25) is 4.79 Å². The molecule has 178 valence electrons. The van der Waals surface area contributed by atoms with Crippen LogP contribution in [0.2, 0.25) is 0 Å². The standard InChI is InChI=1S/C24H23F4N5O/c1-32-13-30-31-21(32)20(25)23(6-3-7-23)15-4-2-5-16(10-15)33-12-18-17(22(33)34)8-14(11-29)9-19(18)24(26,27)28/h2,4-5,8-10,13,20H,3,6-7,11-12,29H2,1H3/t20-/m0/s1. The second kappa shape index (κ2) is 7.90. The molecule has 2 heterocycles. The van der Waals surface area contributed by atoms with Crippen molar-refractivity contribution < 1.29 is 22.4 Å². The maximum absolute atomic E-state index is 15.7. The third-order valence-corrected chi connectivity index (χ3v) is 7.08. The second-order valence-corrected chi connectivity index (χ2v) is 8.99. The predicted molar refractivity (Wildman–Crippen MR) is 117 cm³/mol. The molecule has 1 atom stereocenters. The molecule has 1 fully saturated rings. The van der Waals surface area contributed by atoms with Crippen molar-refractivity contribution in [3.63, 3.8) is 0 Å². The molecule has 0 spiro atoms. The van der Waals surface area contributed by atoms with Gasteiger partial charge in [0.05, 0.1) is 12.1 Å². The average Bonchev–Trinajstić information content (AvgIpc) is 3.35. The number of aryl methyl sites for hydroxylation is 1. The normalized spacial score (nSPS) is 18.1. The van der Waals surface area contributed by atoms with Crippen LogP contribution in [0.3, 0.4) is 0 Å². The molecule has 0 bridgehead atoms. The summed E-state index contributed by atoms with van der Waals surface area (Å²) in [6.45, 7) is -0.325. The van der Waals surface area contributed by atoms with E-state index in [1.165, 1.54) is 17.3 Å². The smallest absolute Gasteiger partial charge is 0.326 e. The van der Waals surface area contributed by atoms with Gasteiger partial charge in [0.2, 0.25) is 0 Å². The first kappa shape index (κ1) is 22.5. The maximum atomic E-state index is 15.7. The number of aromatic nitrogens is 3. The molecule has 6 nitrogen and oxygen atoms in total. The highest BCUT2D eigenvalue weighted by Gasteiger charge is 2.49. The predicted octanol–water partition coefficient (Wildman–Crippen LogP) is 4.59. The van der Waals surface area contributed by atoms with Crippen LogP contribution >= 0.6 is 0 Å². The van der Waals surface area contributed by atoms with Gasteiger partial charge in [-0.05, 0) is 53.8 Å². The van der Waals surface area contributed by atoms with Crippen molar-refractivity contribution in [2.24, 2.45) is 12.8 Å². The van der Waals surface area contributed by atoms with Crippen molar-refractivity contribution >= 4 is 11.6 Å². The van der Waals surface area contributed by atoms with Crippen LogP contribution in [0.25, 0.3) is 0 Å². The molecule has 1 aromatic heterocycles. The van der Waals surface area contributed by atoms with Crippen LogP contribution in [0.5, 0.6) is 0 Å². The zero-order valence-electron chi connectivity index (χ0n) is 18.4. The topological polar surface area (TPSA) is 77.0 Å². The molecular formula is C24H23F4N5O. The number of nitrogens with two attached hydrogens (primary N) is 1. The Morgan fingerprint density at radius 1 is 1.21 bits per heavy atom. The zero-order chi connectivity index (χ0) is 24.3. The number of alkyl halides is 4. The summed E-state index contributed by atoms with van der Waals surface area (Å²) < 4.78 is 58.4. The molecule has 2 aliphatic rings. The monoisotopic (exact) mass is 473 g/mol. The molecule has 0 radical (unpaired) electrons. The quantitative estimate of drug-likeness (QED) is 0.550. The van der Waals surface area contributed by atoms with Gasteiger partial charge in [0.25, 0.3) is 5.91 Å². The van der Waals surface area contributed by atoms with Crippen LogP contribution in [0.4, 0.5) is 23.2 Å². The number of halogens is 4. The first-order valence-corrected chi connectivity index (χ1v) is 11.0. The summed E-state index contributed by atoms with van der Waals surface area (Å²) in [7, 11) is 1.68. The van der Waals surface area contributed by atoms with E-state index in [1.54, 1.807) is 35.9 Å². The number of carbonyl (C=O) groups excluding carboxylic acids is 1. The van der Waals surface area contributed by atoms with Crippen molar-refractivity contribution in [3.05, 3.63) is 76.4 Å². The van der Waals surface area contributed by atoms with Crippen LogP contribution in [0.1, 0.15) is 63.9 Å². The van der Waals surface area contributed by atoms with Crippen LogP contribution < -0.4 is 10.6 Å². The highest BCUT2D eigenvalue weighted by atomic mass is 19.4. The average molecular weight is 473 g/mol. The van der Waals surface area contributed by atoms with E-state index < -0.39 is 29.2 Å². The number of fused-ring (bicyclic) bond motifs is 1. The van der Waals surface area contributed by atoms with Gasteiger partial charge in [-0.25, -0.2) is 4.39 Å². The van der Waals surface area contributed by atoms with E-state index in [-0.39, 0.29) is 35.6 Å². The summed E-state index contributed by atoms with van der Waals surface area (Å²) in [6, 6.07) is 9.31. The fourth-order valence-electron chi connectivity index (χ4n) is 5.05. The Bertz CT molecular complexity index is 1260. The molecule has 1 saturated carbocycles. The van der Waals surface area contributed by atoms with Crippen molar-refractivity contribution in [2.75, 3.05) is 4.90 Å². The molecular weight excluding hydrogens is 450 g/mol. The molecule has 0 saturated heterocycles. The SMILES string of the molecule is Cn1cnnc1[C@H](F)C1(c2cccc(N3Cc4c(cc(CN)cc4C(F)(F)F)C3=O)c2)CCC1. The Morgan fingerprint density at radius 2 is 1.97 bits per heavy atom. The Balaban J connectivity index is 1.53. The van der Waals surface area contributed by atoms with Crippen LogP contribution in [-0.4, -0.2) is 20.7 Å². The molecule has 0 unspecified atom stereocenters. The number of anilines is 1. The minimum Gasteiger partial charge on any atom is -0.326 e. The highest BCUT2D eigenvalue weighted by molar-refractivity contribution is 6.10. The number of nitrogens with zero attached hydrogens (tertiary/aromatic N) is 4. The van der Waals surface area contributed by atoms with E-state index in [2.05, 4.69) is 10.2 Å². The summed E-state index contributed by atoms with van der Waals surface area (Å²) in [5.41, 5.74) is 5.20. The highest BCUT2D eigenvalue weighted by Crippen LogP contribution is 2.54. The van der Waals surface area contributed by atoms with E-state index in [4.69, 9.17) is 5.73 Å². The zero-order valence-corrected chi connectivity index (χ0v) is 18.4. The van der Waals surface area contributed by atoms with Crippen molar-refractivity contribution in [1.29, 1.82) is 0 Å². The van der Waals surface area contributed by atoms with Gasteiger partial charge < -0.3 is 15.2 Å². The van der Waals surface area contributed by atoms with Crippen molar-refractivity contribution in [2.45, 2.75) is 50.1 Å². The third-order valence-electron chi connectivity index (χ3n) is 7.08. The van der Waals surface area contributed by atoms with Crippen LogP contribution in [-0.2, 0) is 31.7 Å². The summed E-state index contributed by atoms with van der Waals surface area (Å²) in [5.74, 6) is -0.306. The summed E-state index contributed by atoms with van der Waals surface area (Å²) in [4.78, 5) is 14.5. The minimum absolute atomic E-state index is 0.00138. The largest absolute Gasteiger partial charge is 0.416 e. The number of carbonyl (C=O) groups is 1. The third kappa shape index (κ3) is 3.39. The Morgan fingerprint density at radius 3 is 2.56 bits per heavy atom. The first-order valence-electron chi connectivity index (χ1n) is 11.0. The summed E-state index contributed by atoms with van der Waals surface area (Å²) in [5, 5.41) is 7.72. The van der Waals surface area contributed by atoms with Gasteiger partial charge in [-0.2, -0.15) is 13.2 Å². The first-order chi connectivity index (χ1) is 16.2. The minimum atomic E-state index is -4.61. The van der Waals surface area contributed by atoms with Crippen LogP contribution in [0, 0.1) is 0 Å². The fourth-order valence-corrected chi connectivity index (χ4v) is 5.05. The van der Waals surface area contributed by atoms with Gasteiger partial charge in [0, 0.05) is 30.3 Å². The van der Waals surface area contributed by atoms with Crippen molar-refractivity contribution in [1.82, 2.24) is 14.8 Å². The van der Waals surface area contributed by atoms with Gasteiger partial charge in [-0.15, -0.1) is 10.2 Å². The van der Waals surface area contributed by atoms with Gasteiger partial charge in [0.1, 0.15) is 6.33 Å². The molecule has 2 N–H and O–H groups in total. The number of amides is 1. The number of hydrogen-bond donors (Lipinski definition) is 1. The molecule has 1 aliphatic carbocycles. The molecule has 3 aromatic rings. The molecule has 1 aliphatic heterocycles. The Labute approximate surface area is 193 Å². The molecule has 1 amide bonds. The van der Waals surface area contributed by atoms with E-state index in [0.29, 0.717) is 24.1 Å². The molecule has 34 heavy (non-hydrogen) atoms. The maximum Gasteiger partial charge on any atom is 0.416 e. The summed E-state index contributed by atoms with van der Waals surface area (Å²) in [6.07, 6.45) is -2.54. The number of rotatable bonds is 5. The van der Waals surface area contributed by atoms with E-state index >= 15 is 4.39 Å². The Kier molecular flexibility index (Phi) is 5.23. The van der Waals surface area contributed by atoms with E-state index in [0.717, 1.165) is 12.5 Å². The Hall–Kier alpha value is -3.27. The lowest BCUT2D eigenvalue weighted by Crippen LogP contribution is -2.40.